The molecule has 0 bridgehead atoms. The summed E-state index contributed by atoms with van der Waals surface area (Å²) in [5.74, 6) is 7.26. The average molecular weight is 207 g/mol. The second-order valence-corrected chi connectivity index (χ2v) is 4.03. The van der Waals surface area contributed by atoms with Crippen molar-refractivity contribution in [1.29, 1.82) is 0 Å². The van der Waals surface area contributed by atoms with E-state index in [9.17, 15) is 0 Å². The van der Waals surface area contributed by atoms with E-state index < -0.39 is 0 Å². The van der Waals surface area contributed by atoms with Crippen LogP contribution in [-0.2, 0) is 22.1 Å². The van der Waals surface area contributed by atoms with Gasteiger partial charge in [0.15, 0.2) is 0 Å². The van der Waals surface area contributed by atoms with E-state index in [2.05, 4.69) is 6.92 Å². The maximum Gasteiger partial charge on any atom is 0.0533 e. The predicted molar refractivity (Wildman–Crippen MR) is 42.5 cm³/mol. The summed E-state index contributed by atoms with van der Waals surface area (Å²) in [4.78, 5) is 0. The second-order valence-electron chi connectivity index (χ2n) is 4.03. The molecule has 2 aliphatic rings. The van der Waals surface area contributed by atoms with Crippen LogP contribution in [-0.4, -0.2) is 31.3 Å². The molecule has 4 heteroatoms. The summed E-state index contributed by atoms with van der Waals surface area (Å²) in [6.45, 7) is 5.95. The normalized spacial score (nSPS) is 29.5. The SMILES string of the molecule is C[C-]1CN(N)CC2(COC2)C1.[Cr]. The van der Waals surface area contributed by atoms with E-state index in [4.69, 9.17) is 10.6 Å². The quantitative estimate of drug-likeness (QED) is 0.454. The molecule has 0 unspecified atom stereocenters. The largest absolute Gasteiger partial charge is 0.380 e. The van der Waals surface area contributed by atoms with Gasteiger partial charge in [-0.2, -0.15) is 13.3 Å². The number of hydrazine groups is 1. The van der Waals surface area contributed by atoms with Gasteiger partial charge in [-0.05, 0) is 0 Å². The first kappa shape index (κ1) is 10.5. The van der Waals surface area contributed by atoms with Crippen molar-refractivity contribution in [2.24, 2.45) is 11.3 Å². The molecule has 3 nitrogen and oxygen atoms in total. The zero-order valence-corrected chi connectivity index (χ0v) is 8.65. The van der Waals surface area contributed by atoms with Crippen LogP contribution in [0.15, 0.2) is 0 Å². The van der Waals surface area contributed by atoms with E-state index in [0.717, 1.165) is 26.3 Å². The van der Waals surface area contributed by atoms with Gasteiger partial charge in [0, 0.05) is 29.3 Å². The molecule has 0 atom stereocenters. The van der Waals surface area contributed by atoms with Crippen molar-refractivity contribution in [3.8, 4) is 0 Å². The van der Waals surface area contributed by atoms with Crippen LogP contribution < -0.4 is 5.84 Å². The number of hydrogen-bond acceptors (Lipinski definition) is 3. The fourth-order valence-corrected chi connectivity index (χ4v) is 2.17. The Hall–Kier alpha value is 0.412. The minimum atomic E-state index is 0. The number of nitrogens with zero attached hydrogens (tertiary/aromatic N) is 1. The monoisotopic (exact) mass is 207 g/mol. The molecule has 0 amide bonds. The van der Waals surface area contributed by atoms with Gasteiger partial charge in [0.25, 0.3) is 0 Å². The van der Waals surface area contributed by atoms with E-state index in [1.165, 1.54) is 12.3 Å². The van der Waals surface area contributed by atoms with Crippen molar-refractivity contribution in [2.75, 3.05) is 26.3 Å². The minimum absolute atomic E-state index is 0. The molecule has 0 aromatic rings. The summed E-state index contributed by atoms with van der Waals surface area (Å²) in [6, 6.07) is 0. The number of rotatable bonds is 0. The zero-order valence-electron chi connectivity index (χ0n) is 7.38. The Balaban J connectivity index is 0.000000720. The van der Waals surface area contributed by atoms with Crippen molar-refractivity contribution in [3.63, 3.8) is 0 Å². The summed E-state index contributed by atoms with van der Waals surface area (Å²) in [7, 11) is 0. The maximum absolute atomic E-state index is 5.77. The van der Waals surface area contributed by atoms with Crippen molar-refractivity contribution in [1.82, 2.24) is 5.01 Å². The van der Waals surface area contributed by atoms with Crippen LogP contribution in [0.1, 0.15) is 13.3 Å². The second kappa shape index (κ2) is 3.65. The number of piperidine rings is 1. The summed E-state index contributed by atoms with van der Waals surface area (Å²) in [5.41, 5.74) is 0.386. The molecule has 2 rings (SSSR count). The van der Waals surface area contributed by atoms with E-state index in [-0.39, 0.29) is 17.4 Å². The van der Waals surface area contributed by atoms with Crippen LogP contribution in [0.25, 0.3) is 0 Å². The Bertz CT molecular complexity index is 149. The molecule has 2 heterocycles. The van der Waals surface area contributed by atoms with Gasteiger partial charge < -0.3 is 10.7 Å². The predicted octanol–water partition coefficient (Wildman–Crippen LogP) is 0.174. The molecule has 0 radical (unpaired) electrons. The summed E-state index contributed by atoms with van der Waals surface area (Å²) in [6.07, 6.45) is 1.21. The Kier molecular flexibility index (Phi) is 3.19. The first-order chi connectivity index (χ1) is 5.20. The Morgan fingerprint density at radius 2 is 2.17 bits per heavy atom. The number of hydrogen-bond donors (Lipinski definition) is 1. The smallest absolute Gasteiger partial charge is 0.0533 e. The molecular formula is C8H15CrN2O-. The molecule has 0 saturated carbocycles. The minimum Gasteiger partial charge on any atom is -0.380 e. The van der Waals surface area contributed by atoms with E-state index in [1.807, 2.05) is 5.01 Å². The molecule has 12 heavy (non-hydrogen) atoms. The maximum atomic E-state index is 5.77. The molecule has 0 aromatic carbocycles. The van der Waals surface area contributed by atoms with Gasteiger partial charge in [-0.1, -0.05) is 0 Å². The Morgan fingerprint density at radius 3 is 2.58 bits per heavy atom. The molecule has 2 N–H and O–H groups in total. The Labute approximate surface area is 84.3 Å². The molecule has 2 fully saturated rings. The fourth-order valence-electron chi connectivity index (χ4n) is 2.17. The topological polar surface area (TPSA) is 38.5 Å². The van der Waals surface area contributed by atoms with Crippen LogP contribution in [0.2, 0.25) is 0 Å². The molecule has 0 aromatic heterocycles. The van der Waals surface area contributed by atoms with Gasteiger partial charge in [0.05, 0.1) is 13.2 Å². The Morgan fingerprint density at radius 1 is 1.50 bits per heavy atom. The number of ether oxygens (including phenoxy) is 1. The molecule has 2 saturated heterocycles. The van der Waals surface area contributed by atoms with Crippen molar-refractivity contribution in [3.05, 3.63) is 5.92 Å². The summed E-state index contributed by atoms with van der Waals surface area (Å²) >= 11 is 0. The first-order valence-electron chi connectivity index (χ1n) is 4.09. The molecular weight excluding hydrogens is 192 g/mol. The van der Waals surface area contributed by atoms with Gasteiger partial charge in [0.2, 0.25) is 0 Å². The van der Waals surface area contributed by atoms with Gasteiger partial charge >= 0.3 is 0 Å². The van der Waals surface area contributed by atoms with Crippen LogP contribution in [0.5, 0.6) is 0 Å². The van der Waals surface area contributed by atoms with Gasteiger partial charge in [-0.15, -0.1) is 6.54 Å². The zero-order chi connectivity index (χ0) is 7.90. The van der Waals surface area contributed by atoms with Crippen LogP contribution in [0.3, 0.4) is 0 Å². The third-order valence-electron chi connectivity index (χ3n) is 2.50. The third kappa shape index (κ3) is 1.84. The van der Waals surface area contributed by atoms with E-state index in [0.29, 0.717) is 5.41 Å². The van der Waals surface area contributed by atoms with Gasteiger partial charge in [0.1, 0.15) is 0 Å². The average Bonchev–Trinajstić information content (AvgIpc) is 1.82. The third-order valence-corrected chi connectivity index (χ3v) is 2.50. The standard InChI is InChI=1S/C8H15N2O.Cr/c1-7-2-8(5-11-6-8)4-10(9)3-7;/h2-6,9H2,1H3;/q-1;. The van der Waals surface area contributed by atoms with E-state index >= 15 is 0 Å². The molecule has 70 valence electrons. The first-order valence-corrected chi connectivity index (χ1v) is 4.09. The van der Waals surface area contributed by atoms with Crippen LogP contribution in [0, 0.1) is 11.3 Å². The summed E-state index contributed by atoms with van der Waals surface area (Å²) in [5, 5.41) is 1.90. The van der Waals surface area contributed by atoms with Gasteiger partial charge in [-0.3, -0.25) is 10.9 Å². The van der Waals surface area contributed by atoms with Gasteiger partial charge in [-0.25, -0.2) is 0 Å². The molecule has 0 aliphatic carbocycles. The van der Waals surface area contributed by atoms with Crippen molar-refractivity contribution in [2.45, 2.75) is 13.3 Å². The molecule has 1 spiro atoms. The number of nitrogens with two attached hydrogens (primary N) is 1. The van der Waals surface area contributed by atoms with Crippen molar-refractivity contribution < 1.29 is 22.1 Å². The summed E-state index contributed by atoms with van der Waals surface area (Å²) < 4.78 is 5.22. The molecule has 2 aliphatic heterocycles. The van der Waals surface area contributed by atoms with Crippen molar-refractivity contribution >= 4 is 0 Å². The van der Waals surface area contributed by atoms with Crippen LogP contribution >= 0.6 is 0 Å². The fraction of sp³-hybridized carbons (Fsp3) is 0.875. The van der Waals surface area contributed by atoms with E-state index in [1.54, 1.807) is 0 Å². The van der Waals surface area contributed by atoms with Crippen LogP contribution in [0.4, 0.5) is 0 Å².